The van der Waals surface area contributed by atoms with Crippen LogP contribution in [-0.2, 0) is 14.3 Å². The molecule has 0 aliphatic carbocycles. The smallest absolute Gasteiger partial charge is 0.231 e. The van der Waals surface area contributed by atoms with Crippen LogP contribution in [0.1, 0.15) is 73.6 Å². The zero-order valence-electron chi connectivity index (χ0n) is 16.9. The molecule has 1 rings (SSSR count). The zero-order chi connectivity index (χ0) is 19.1. The Bertz CT molecular complexity index is 444. The molecule has 25 heavy (non-hydrogen) atoms. The van der Waals surface area contributed by atoms with Crippen molar-refractivity contribution in [2.24, 2.45) is 11.8 Å². The molecule has 1 aliphatic rings. The number of ketones is 1. The molecule has 0 aromatic heterocycles. The number of amides is 1. The third-order valence-electron chi connectivity index (χ3n) is 5.09. The van der Waals surface area contributed by atoms with Crippen LogP contribution in [0.3, 0.4) is 0 Å². The first-order chi connectivity index (χ1) is 11.7. The van der Waals surface area contributed by atoms with Crippen molar-refractivity contribution in [3.05, 3.63) is 0 Å². The van der Waals surface area contributed by atoms with Gasteiger partial charge in [0.15, 0.2) is 5.78 Å². The fraction of sp³-hybridized carbons (Fsp3) is 0.900. The van der Waals surface area contributed by atoms with Crippen LogP contribution in [0.5, 0.6) is 0 Å². The van der Waals surface area contributed by atoms with Crippen molar-refractivity contribution in [3.8, 4) is 0 Å². The molecule has 5 heteroatoms. The van der Waals surface area contributed by atoms with Crippen molar-refractivity contribution in [2.45, 2.75) is 83.9 Å². The van der Waals surface area contributed by atoms with Gasteiger partial charge in [0.25, 0.3) is 0 Å². The minimum atomic E-state index is -0.691. The molecule has 4 nitrogen and oxygen atoms in total. The summed E-state index contributed by atoms with van der Waals surface area (Å²) in [6.45, 7) is 14.0. The van der Waals surface area contributed by atoms with Gasteiger partial charge in [0, 0.05) is 11.4 Å². The van der Waals surface area contributed by atoms with Crippen molar-refractivity contribution >= 4 is 23.5 Å². The van der Waals surface area contributed by atoms with Gasteiger partial charge in [-0.05, 0) is 51.2 Å². The Kier molecular flexibility index (Phi) is 8.96. The summed E-state index contributed by atoms with van der Waals surface area (Å²) in [5, 5.41) is 2.80. The van der Waals surface area contributed by atoms with Crippen molar-refractivity contribution < 1.29 is 14.3 Å². The second-order valence-corrected chi connectivity index (χ2v) is 9.74. The van der Waals surface area contributed by atoms with E-state index in [0.717, 1.165) is 44.6 Å². The highest BCUT2D eigenvalue weighted by Crippen LogP contribution is 2.34. The monoisotopic (exact) mass is 371 g/mol. The average Bonchev–Trinajstić information content (AvgIpc) is 2.74. The van der Waals surface area contributed by atoms with Crippen LogP contribution in [0.2, 0.25) is 0 Å². The van der Waals surface area contributed by atoms with E-state index in [9.17, 15) is 9.59 Å². The molecule has 0 saturated carbocycles. The lowest BCUT2D eigenvalue weighted by Gasteiger charge is -2.31. The van der Waals surface area contributed by atoms with E-state index in [1.807, 2.05) is 11.8 Å². The van der Waals surface area contributed by atoms with Gasteiger partial charge in [-0.2, -0.15) is 11.8 Å². The summed E-state index contributed by atoms with van der Waals surface area (Å²) in [6.07, 6.45) is 4.83. The number of carbonyl (C=O) groups excluding carboxylic acids is 2. The first-order valence-corrected chi connectivity index (χ1v) is 10.7. The van der Waals surface area contributed by atoms with Gasteiger partial charge in [0.05, 0.1) is 18.1 Å². The molecule has 1 saturated heterocycles. The summed E-state index contributed by atoms with van der Waals surface area (Å²) in [5.41, 5.74) is -0.691. The Hall–Kier alpha value is -0.550. The van der Waals surface area contributed by atoms with E-state index in [1.54, 1.807) is 13.8 Å². The molecule has 0 bridgehead atoms. The fourth-order valence-corrected chi connectivity index (χ4v) is 4.55. The van der Waals surface area contributed by atoms with Crippen molar-refractivity contribution in [3.63, 3.8) is 0 Å². The Morgan fingerprint density at radius 2 is 1.84 bits per heavy atom. The topological polar surface area (TPSA) is 55.4 Å². The van der Waals surface area contributed by atoms with E-state index in [4.69, 9.17) is 4.74 Å². The predicted molar refractivity (Wildman–Crippen MR) is 106 cm³/mol. The molecule has 0 spiro atoms. The lowest BCUT2D eigenvalue weighted by atomic mass is 9.91. The van der Waals surface area contributed by atoms with Crippen LogP contribution in [0.25, 0.3) is 0 Å². The number of hydrogen-bond donors (Lipinski definition) is 1. The van der Waals surface area contributed by atoms with Gasteiger partial charge in [0.1, 0.15) is 0 Å². The molecule has 0 aromatic carbocycles. The summed E-state index contributed by atoms with van der Waals surface area (Å²) in [4.78, 5) is 24.2. The summed E-state index contributed by atoms with van der Waals surface area (Å²) >= 11 is 1.99. The van der Waals surface area contributed by atoms with Gasteiger partial charge in [-0.1, -0.05) is 34.1 Å². The minimum absolute atomic E-state index is 0.0451. The number of hydrogen-bond acceptors (Lipinski definition) is 4. The third-order valence-corrected chi connectivity index (χ3v) is 6.89. The van der Waals surface area contributed by atoms with Crippen molar-refractivity contribution in [1.82, 2.24) is 5.32 Å². The van der Waals surface area contributed by atoms with Crippen LogP contribution < -0.4 is 5.32 Å². The molecular weight excluding hydrogens is 334 g/mol. The molecule has 1 unspecified atom stereocenters. The Morgan fingerprint density at radius 1 is 1.20 bits per heavy atom. The number of unbranched alkanes of at least 4 members (excludes halogenated alkanes) is 1. The second-order valence-electron chi connectivity index (χ2n) is 8.17. The maximum absolute atomic E-state index is 12.2. The first-order valence-electron chi connectivity index (χ1n) is 9.75. The number of rotatable bonds is 12. The summed E-state index contributed by atoms with van der Waals surface area (Å²) in [7, 11) is 0. The number of ether oxygens (including phenoxy) is 1. The van der Waals surface area contributed by atoms with E-state index in [-0.39, 0.29) is 16.4 Å². The van der Waals surface area contributed by atoms with E-state index >= 15 is 0 Å². The highest BCUT2D eigenvalue weighted by atomic mass is 32.2. The quantitative estimate of drug-likeness (QED) is 0.412. The summed E-state index contributed by atoms with van der Waals surface area (Å²) in [5.74, 6) is 1.12. The average molecular weight is 372 g/mol. The van der Waals surface area contributed by atoms with Crippen LogP contribution in [0, 0.1) is 11.8 Å². The third kappa shape index (κ3) is 6.59. The second kappa shape index (κ2) is 9.96. The van der Waals surface area contributed by atoms with E-state index in [1.165, 1.54) is 0 Å². The number of thioether (sulfide) groups is 1. The van der Waals surface area contributed by atoms with E-state index in [2.05, 4.69) is 33.0 Å². The maximum atomic E-state index is 12.2. The van der Waals surface area contributed by atoms with Gasteiger partial charge < -0.3 is 10.1 Å². The van der Waals surface area contributed by atoms with Crippen LogP contribution in [-0.4, -0.2) is 40.9 Å². The van der Waals surface area contributed by atoms with Gasteiger partial charge in [-0.3, -0.25) is 9.59 Å². The van der Waals surface area contributed by atoms with Gasteiger partial charge in [-0.15, -0.1) is 0 Å². The highest BCUT2D eigenvalue weighted by molar-refractivity contribution is 8.00. The van der Waals surface area contributed by atoms with Gasteiger partial charge >= 0.3 is 0 Å². The van der Waals surface area contributed by atoms with Crippen LogP contribution >= 0.6 is 11.8 Å². The van der Waals surface area contributed by atoms with Crippen LogP contribution in [0.4, 0.5) is 0 Å². The molecule has 0 radical (unpaired) electrons. The predicted octanol–water partition coefficient (Wildman–Crippen LogP) is 4.22. The van der Waals surface area contributed by atoms with Gasteiger partial charge in [-0.25, -0.2) is 0 Å². The van der Waals surface area contributed by atoms with Crippen molar-refractivity contribution in [2.75, 3.05) is 19.0 Å². The largest absolute Gasteiger partial charge is 0.380 e. The first kappa shape index (κ1) is 22.5. The number of carbonyl (C=O) groups is 2. The van der Waals surface area contributed by atoms with E-state index < -0.39 is 11.5 Å². The molecule has 1 heterocycles. The lowest BCUT2D eigenvalue weighted by molar-refractivity contribution is -0.128. The molecular formula is C20H37NO3S. The Morgan fingerprint density at radius 3 is 2.32 bits per heavy atom. The summed E-state index contributed by atoms with van der Waals surface area (Å²) in [6, 6.07) is 0. The molecule has 146 valence electrons. The molecule has 1 N–H and O–H groups in total. The zero-order valence-corrected chi connectivity index (χ0v) is 17.8. The molecule has 1 aliphatic heterocycles. The standard InChI is InChI=1S/C20H37NO3S/c1-7-20(8-2,14-24-13-15(3)4)25-12-10-9-11-16-17(22)19(5,6)21-18(16)23/h15-16H,7-14H2,1-6H3,(H,21,23). The fourth-order valence-electron chi connectivity index (χ4n) is 3.19. The SMILES string of the molecule is CCC(CC)(COCC(C)C)SCCCCC1C(=O)NC(C)(C)C1=O. The van der Waals surface area contributed by atoms with E-state index in [0.29, 0.717) is 12.3 Å². The minimum Gasteiger partial charge on any atom is -0.380 e. The Labute approximate surface area is 158 Å². The summed E-state index contributed by atoms with van der Waals surface area (Å²) < 4.78 is 6.11. The molecule has 0 aromatic rings. The van der Waals surface area contributed by atoms with Crippen LogP contribution in [0.15, 0.2) is 0 Å². The number of Topliss-reactive ketones (excluding diaryl/α,β-unsaturated/α-hetero) is 1. The van der Waals surface area contributed by atoms with Gasteiger partial charge in [0.2, 0.25) is 5.91 Å². The maximum Gasteiger partial charge on any atom is 0.231 e. The normalized spacial score (nSPS) is 20.4. The number of nitrogens with one attached hydrogen (secondary N) is 1. The molecule has 1 atom stereocenters. The lowest BCUT2D eigenvalue weighted by Crippen LogP contribution is -2.39. The molecule has 1 amide bonds. The Balaban J connectivity index is 2.34. The van der Waals surface area contributed by atoms with Crippen molar-refractivity contribution in [1.29, 1.82) is 0 Å². The molecule has 1 fully saturated rings. The highest BCUT2D eigenvalue weighted by Gasteiger charge is 2.45.